The zero-order valence-corrected chi connectivity index (χ0v) is 34.2. The van der Waals surface area contributed by atoms with Crippen LogP contribution in [0, 0.1) is 11.3 Å². The van der Waals surface area contributed by atoms with E-state index in [-0.39, 0.29) is 0 Å². The molecule has 294 valence electrons. The van der Waals surface area contributed by atoms with Crippen LogP contribution in [0.1, 0.15) is 27.8 Å². The first-order valence-corrected chi connectivity index (χ1v) is 21.2. The number of fused-ring (bicyclic) bond motifs is 3. The van der Waals surface area contributed by atoms with Gasteiger partial charge in [0, 0.05) is 16.7 Å². The number of nitriles is 1. The Morgan fingerprint density at radius 1 is 0.317 bits per heavy atom. The van der Waals surface area contributed by atoms with Crippen LogP contribution in [-0.2, 0) is 5.41 Å². The Bertz CT molecular complexity index is 3260. The third kappa shape index (κ3) is 6.52. The predicted molar refractivity (Wildman–Crippen MR) is 254 cm³/mol. The van der Waals surface area contributed by atoms with Gasteiger partial charge in [-0.2, -0.15) is 5.26 Å². The van der Waals surface area contributed by atoms with Gasteiger partial charge < -0.3 is 0 Å². The summed E-state index contributed by atoms with van der Waals surface area (Å²) in [7, 11) is 0. The molecule has 0 spiro atoms. The molecule has 1 aromatic heterocycles. The van der Waals surface area contributed by atoms with E-state index < -0.39 is 5.41 Å². The Morgan fingerprint density at radius 2 is 0.762 bits per heavy atom. The van der Waals surface area contributed by atoms with Crippen LogP contribution in [0.3, 0.4) is 0 Å². The Morgan fingerprint density at radius 3 is 1.35 bits per heavy atom. The van der Waals surface area contributed by atoms with Crippen LogP contribution in [0.4, 0.5) is 0 Å². The summed E-state index contributed by atoms with van der Waals surface area (Å²) in [5.41, 5.74) is 16.5. The van der Waals surface area contributed by atoms with Crippen LogP contribution in [0.25, 0.3) is 78.7 Å². The number of rotatable bonds is 8. The lowest BCUT2D eigenvalue weighted by atomic mass is 9.67. The summed E-state index contributed by atoms with van der Waals surface area (Å²) in [6, 6.07) is 82.8. The topological polar surface area (TPSA) is 62.5 Å². The van der Waals surface area contributed by atoms with Crippen molar-refractivity contribution in [1.29, 1.82) is 5.26 Å². The molecule has 1 aliphatic carbocycles. The van der Waals surface area contributed by atoms with Crippen molar-refractivity contribution < 1.29 is 0 Å². The SMILES string of the molecule is N#Cc1ccc2c(c1)-c1c(-c3ccc(-c4ccc(-c5nc(-c6ccccc6)nc(-c6ccccc6-c6ccccc6)n5)cc4)cc3)cccc1C2(c1ccccc1)c1ccccc1. The van der Waals surface area contributed by atoms with E-state index in [1.54, 1.807) is 0 Å². The van der Waals surface area contributed by atoms with Crippen molar-refractivity contribution in [1.82, 2.24) is 15.0 Å². The van der Waals surface area contributed by atoms with Crippen LogP contribution in [0.15, 0.2) is 231 Å². The van der Waals surface area contributed by atoms with E-state index in [4.69, 9.17) is 15.0 Å². The number of nitrogens with zero attached hydrogens (tertiary/aromatic N) is 4. The fraction of sp³-hybridized carbons (Fsp3) is 0.0169. The third-order valence-electron chi connectivity index (χ3n) is 12.3. The highest BCUT2D eigenvalue weighted by molar-refractivity contribution is 5.96. The van der Waals surface area contributed by atoms with Gasteiger partial charge in [-0.3, -0.25) is 0 Å². The Labute approximate surface area is 367 Å². The summed E-state index contributed by atoms with van der Waals surface area (Å²) in [6.45, 7) is 0. The standard InChI is InChI=1S/C59H38N4/c60-39-40-28-37-53-52(38-40)55-50(26-15-27-54(55)59(53,47-20-9-3-10-21-47)48-22-11-4-12-23-48)44-33-29-41(30-34-44)42-31-35-46(36-32-42)57-61-56(45-18-7-2-8-19-45)62-58(63-57)51-25-14-13-24-49(51)43-16-5-1-6-17-43/h1-38H. The maximum atomic E-state index is 10.1. The van der Waals surface area contributed by atoms with E-state index in [0.29, 0.717) is 23.0 Å². The highest BCUT2D eigenvalue weighted by Crippen LogP contribution is 2.58. The fourth-order valence-corrected chi connectivity index (χ4v) is 9.40. The molecular formula is C59H38N4. The van der Waals surface area contributed by atoms with Gasteiger partial charge in [0.2, 0.25) is 0 Å². The first kappa shape index (κ1) is 37.5. The maximum absolute atomic E-state index is 10.1. The molecule has 0 fully saturated rings. The van der Waals surface area contributed by atoms with E-state index in [9.17, 15) is 5.26 Å². The van der Waals surface area contributed by atoms with E-state index in [1.807, 2.05) is 48.5 Å². The highest BCUT2D eigenvalue weighted by atomic mass is 15.0. The first-order valence-electron chi connectivity index (χ1n) is 21.2. The largest absolute Gasteiger partial charge is 0.208 e. The summed E-state index contributed by atoms with van der Waals surface area (Å²) < 4.78 is 0. The minimum absolute atomic E-state index is 0.550. The van der Waals surface area contributed by atoms with Gasteiger partial charge in [0.15, 0.2) is 17.5 Å². The van der Waals surface area contributed by atoms with E-state index >= 15 is 0 Å². The summed E-state index contributed by atoms with van der Waals surface area (Å²) in [5, 5.41) is 10.1. The average Bonchev–Trinajstić information content (AvgIpc) is 3.68. The highest BCUT2D eigenvalue weighted by Gasteiger charge is 2.47. The van der Waals surface area contributed by atoms with Gasteiger partial charge in [-0.1, -0.05) is 218 Å². The second kappa shape index (κ2) is 15.8. The number of hydrogen-bond donors (Lipinski definition) is 0. The van der Waals surface area contributed by atoms with Crippen molar-refractivity contribution >= 4 is 0 Å². The lowest BCUT2D eigenvalue weighted by Gasteiger charge is -2.34. The van der Waals surface area contributed by atoms with Gasteiger partial charge in [0.05, 0.1) is 17.0 Å². The lowest BCUT2D eigenvalue weighted by molar-refractivity contribution is 0.768. The van der Waals surface area contributed by atoms with Crippen molar-refractivity contribution in [2.75, 3.05) is 0 Å². The van der Waals surface area contributed by atoms with Gasteiger partial charge in [0.25, 0.3) is 0 Å². The predicted octanol–water partition coefficient (Wildman–Crippen LogP) is 14.1. The first-order chi connectivity index (χ1) is 31.2. The Balaban J connectivity index is 0.975. The molecule has 10 aromatic rings. The van der Waals surface area contributed by atoms with Crippen molar-refractivity contribution in [2.45, 2.75) is 5.41 Å². The normalized spacial score (nSPS) is 12.2. The summed E-state index contributed by atoms with van der Waals surface area (Å²) in [5.74, 6) is 1.87. The quantitative estimate of drug-likeness (QED) is 0.153. The molecule has 0 bridgehead atoms. The monoisotopic (exact) mass is 802 g/mol. The van der Waals surface area contributed by atoms with Gasteiger partial charge in [-0.15, -0.1) is 0 Å². The third-order valence-corrected chi connectivity index (χ3v) is 12.3. The maximum Gasteiger partial charge on any atom is 0.164 e. The van der Waals surface area contributed by atoms with Crippen LogP contribution in [0.2, 0.25) is 0 Å². The van der Waals surface area contributed by atoms with Gasteiger partial charge in [0.1, 0.15) is 0 Å². The molecule has 11 rings (SSSR count). The molecule has 0 atom stereocenters. The molecule has 0 radical (unpaired) electrons. The fourth-order valence-electron chi connectivity index (χ4n) is 9.40. The Hall–Kier alpha value is -8.52. The number of hydrogen-bond acceptors (Lipinski definition) is 4. The molecule has 0 saturated carbocycles. The smallest absolute Gasteiger partial charge is 0.164 e. The van der Waals surface area contributed by atoms with Gasteiger partial charge in [-0.25, -0.2) is 15.0 Å². The molecule has 1 heterocycles. The molecule has 0 N–H and O–H groups in total. The second-order valence-electron chi connectivity index (χ2n) is 15.8. The van der Waals surface area contributed by atoms with Gasteiger partial charge >= 0.3 is 0 Å². The van der Waals surface area contributed by atoms with Crippen molar-refractivity contribution in [2.24, 2.45) is 0 Å². The molecule has 0 saturated heterocycles. The van der Waals surface area contributed by atoms with Crippen molar-refractivity contribution in [3.05, 3.63) is 258 Å². The molecule has 9 aromatic carbocycles. The zero-order chi connectivity index (χ0) is 42.2. The molecule has 0 amide bonds. The summed E-state index contributed by atoms with van der Waals surface area (Å²) in [6.07, 6.45) is 0. The lowest BCUT2D eigenvalue weighted by Crippen LogP contribution is -2.28. The second-order valence-corrected chi connectivity index (χ2v) is 15.8. The van der Waals surface area contributed by atoms with Crippen molar-refractivity contribution in [3.63, 3.8) is 0 Å². The van der Waals surface area contributed by atoms with E-state index in [2.05, 4.69) is 188 Å². The van der Waals surface area contributed by atoms with Crippen LogP contribution in [0.5, 0.6) is 0 Å². The van der Waals surface area contributed by atoms with Gasteiger partial charge in [-0.05, 0) is 78.9 Å². The van der Waals surface area contributed by atoms with Crippen molar-refractivity contribution in [3.8, 4) is 84.7 Å². The minimum atomic E-state index is -0.550. The molecule has 1 aliphatic rings. The van der Waals surface area contributed by atoms with E-state index in [0.717, 1.165) is 61.2 Å². The van der Waals surface area contributed by atoms with Crippen LogP contribution in [-0.4, -0.2) is 15.0 Å². The minimum Gasteiger partial charge on any atom is -0.208 e. The molecule has 0 aliphatic heterocycles. The number of aromatic nitrogens is 3. The van der Waals surface area contributed by atoms with Crippen LogP contribution >= 0.6 is 0 Å². The summed E-state index contributed by atoms with van der Waals surface area (Å²) >= 11 is 0. The summed E-state index contributed by atoms with van der Waals surface area (Å²) in [4.78, 5) is 15.1. The zero-order valence-electron chi connectivity index (χ0n) is 34.2. The average molecular weight is 803 g/mol. The molecule has 0 unspecified atom stereocenters. The molecule has 63 heavy (non-hydrogen) atoms. The molecule has 4 heteroatoms. The molecule has 4 nitrogen and oxygen atoms in total. The number of benzene rings is 9. The van der Waals surface area contributed by atoms with Crippen LogP contribution < -0.4 is 0 Å². The molecular weight excluding hydrogens is 765 g/mol. The van der Waals surface area contributed by atoms with E-state index in [1.165, 1.54) is 22.3 Å². The Kier molecular flexibility index (Phi) is 9.41.